The summed E-state index contributed by atoms with van der Waals surface area (Å²) < 4.78 is 17.7. The van der Waals surface area contributed by atoms with Crippen molar-refractivity contribution in [1.29, 1.82) is 0 Å². The third-order valence-electron chi connectivity index (χ3n) is 2.67. The lowest BCUT2D eigenvalue weighted by atomic mass is 10.2. The van der Waals surface area contributed by atoms with Gasteiger partial charge in [-0.1, -0.05) is 18.2 Å². The quantitative estimate of drug-likeness (QED) is 0.857. The summed E-state index contributed by atoms with van der Waals surface area (Å²) >= 11 is 0. The summed E-state index contributed by atoms with van der Waals surface area (Å²) in [5, 5.41) is 9.86. The number of phenols is 1. The summed E-state index contributed by atoms with van der Waals surface area (Å²) in [5.41, 5.74) is 1.49. The molecule has 0 unspecified atom stereocenters. The molecule has 1 N–H and O–H groups in total. The Morgan fingerprint density at radius 1 is 1.21 bits per heavy atom. The summed E-state index contributed by atoms with van der Waals surface area (Å²) in [6.07, 6.45) is 1.57. The zero-order valence-electron chi connectivity index (χ0n) is 10.5. The van der Waals surface area contributed by atoms with Crippen LogP contribution in [0.15, 0.2) is 47.5 Å². The zero-order chi connectivity index (χ0) is 13.7. The molecule has 98 valence electrons. The van der Waals surface area contributed by atoms with Crippen molar-refractivity contribution in [3.05, 3.63) is 59.4 Å². The Hall–Kier alpha value is -2.36. The molecule has 2 rings (SSSR count). The maximum Gasteiger partial charge on any atom is 0.166 e. The minimum atomic E-state index is -0.266. The number of para-hydroxylation sites is 1. The van der Waals surface area contributed by atoms with Crippen molar-refractivity contribution in [2.75, 3.05) is 7.11 Å². The van der Waals surface area contributed by atoms with E-state index >= 15 is 0 Å². The lowest BCUT2D eigenvalue weighted by molar-refractivity contribution is 0.373. The molecule has 4 heteroatoms. The van der Waals surface area contributed by atoms with Gasteiger partial charge in [0.1, 0.15) is 5.82 Å². The van der Waals surface area contributed by atoms with Crippen LogP contribution < -0.4 is 4.74 Å². The molecule has 0 saturated heterocycles. The first kappa shape index (κ1) is 13.1. The smallest absolute Gasteiger partial charge is 0.166 e. The van der Waals surface area contributed by atoms with Gasteiger partial charge < -0.3 is 9.84 Å². The molecule has 0 amide bonds. The predicted molar refractivity (Wildman–Crippen MR) is 72.4 cm³/mol. The monoisotopic (exact) mass is 259 g/mol. The van der Waals surface area contributed by atoms with Crippen molar-refractivity contribution in [1.82, 2.24) is 0 Å². The van der Waals surface area contributed by atoms with E-state index in [1.807, 2.05) is 0 Å². The van der Waals surface area contributed by atoms with E-state index in [0.29, 0.717) is 17.9 Å². The van der Waals surface area contributed by atoms with E-state index in [9.17, 15) is 9.50 Å². The maximum absolute atomic E-state index is 12.7. The summed E-state index contributed by atoms with van der Waals surface area (Å²) in [7, 11) is 1.49. The fourth-order valence-electron chi connectivity index (χ4n) is 1.65. The minimum absolute atomic E-state index is 0.0628. The van der Waals surface area contributed by atoms with Gasteiger partial charge in [-0.3, -0.25) is 4.99 Å². The second-order valence-electron chi connectivity index (χ2n) is 3.99. The number of halogens is 1. The lowest BCUT2D eigenvalue weighted by Crippen LogP contribution is -1.89. The van der Waals surface area contributed by atoms with Gasteiger partial charge in [-0.2, -0.15) is 0 Å². The van der Waals surface area contributed by atoms with Crippen molar-refractivity contribution >= 4 is 6.21 Å². The number of aromatic hydroxyl groups is 1. The van der Waals surface area contributed by atoms with Crippen LogP contribution in [0.2, 0.25) is 0 Å². The van der Waals surface area contributed by atoms with Gasteiger partial charge in [-0.05, 0) is 29.8 Å². The van der Waals surface area contributed by atoms with Crippen LogP contribution in [0.1, 0.15) is 11.1 Å². The molecule has 0 aliphatic rings. The van der Waals surface area contributed by atoms with E-state index in [0.717, 1.165) is 5.56 Å². The van der Waals surface area contributed by atoms with Crippen molar-refractivity contribution < 1.29 is 14.2 Å². The van der Waals surface area contributed by atoms with Crippen LogP contribution in [0.4, 0.5) is 4.39 Å². The third kappa shape index (κ3) is 3.31. The number of phenolic OH excluding ortho intramolecular Hbond substituents is 1. The SMILES string of the molecule is COc1cccc(C=NCc2ccc(F)cc2)c1O. The van der Waals surface area contributed by atoms with E-state index in [-0.39, 0.29) is 11.6 Å². The van der Waals surface area contributed by atoms with Crippen LogP contribution in [0, 0.1) is 5.82 Å². The van der Waals surface area contributed by atoms with E-state index in [2.05, 4.69) is 4.99 Å². The minimum Gasteiger partial charge on any atom is -0.504 e. The number of nitrogens with zero attached hydrogens (tertiary/aromatic N) is 1. The van der Waals surface area contributed by atoms with Gasteiger partial charge in [0.05, 0.1) is 13.7 Å². The maximum atomic E-state index is 12.7. The molecular formula is C15H14FNO2. The molecule has 2 aromatic rings. The normalized spacial score (nSPS) is 10.8. The van der Waals surface area contributed by atoms with Crippen LogP contribution in [-0.4, -0.2) is 18.4 Å². The molecule has 0 aliphatic heterocycles. The standard InChI is InChI=1S/C15H14FNO2/c1-19-14-4-2-3-12(15(14)18)10-17-9-11-5-7-13(16)8-6-11/h2-8,10,18H,9H2,1H3. The molecule has 0 spiro atoms. The molecule has 2 aromatic carbocycles. The molecule has 0 aromatic heterocycles. The number of hydrogen-bond acceptors (Lipinski definition) is 3. The van der Waals surface area contributed by atoms with Gasteiger partial charge >= 0.3 is 0 Å². The number of benzene rings is 2. The van der Waals surface area contributed by atoms with Crippen molar-refractivity contribution in [3.8, 4) is 11.5 Å². The first-order chi connectivity index (χ1) is 9.20. The van der Waals surface area contributed by atoms with Gasteiger partial charge in [0.25, 0.3) is 0 Å². The van der Waals surface area contributed by atoms with Crippen LogP contribution in [-0.2, 0) is 6.54 Å². The Bertz CT molecular complexity index is 579. The Kier molecular flexibility index (Phi) is 4.13. The van der Waals surface area contributed by atoms with E-state index < -0.39 is 0 Å². The molecule has 0 atom stereocenters. The number of ether oxygens (including phenoxy) is 1. The molecule has 3 nitrogen and oxygen atoms in total. The largest absolute Gasteiger partial charge is 0.504 e. The number of aliphatic imine (C=N–C) groups is 1. The Morgan fingerprint density at radius 2 is 1.95 bits per heavy atom. The average Bonchev–Trinajstić information content (AvgIpc) is 2.43. The fraction of sp³-hybridized carbons (Fsp3) is 0.133. The number of hydrogen-bond donors (Lipinski definition) is 1. The lowest BCUT2D eigenvalue weighted by Gasteiger charge is -2.04. The topological polar surface area (TPSA) is 41.8 Å². The Balaban J connectivity index is 2.09. The Labute approximate surface area is 111 Å². The molecular weight excluding hydrogens is 245 g/mol. The highest BCUT2D eigenvalue weighted by molar-refractivity contribution is 5.84. The summed E-state index contributed by atoms with van der Waals surface area (Å²) in [5.74, 6) is 0.205. The highest BCUT2D eigenvalue weighted by Gasteiger charge is 2.04. The first-order valence-electron chi connectivity index (χ1n) is 5.81. The first-order valence-corrected chi connectivity index (χ1v) is 5.81. The summed E-state index contributed by atoms with van der Waals surface area (Å²) in [6.45, 7) is 0.428. The zero-order valence-corrected chi connectivity index (χ0v) is 10.5. The molecule has 0 saturated carbocycles. The van der Waals surface area contributed by atoms with Gasteiger partial charge in [0, 0.05) is 11.8 Å². The molecule has 0 radical (unpaired) electrons. The molecule has 0 fully saturated rings. The van der Waals surface area contributed by atoms with Crippen LogP contribution >= 0.6 is 0 Å². The van der Waals surface area contributed by atoms with E-state index in [1.54, 1.807) is 36.5 Å². The van der Waals surface area contributed by atoms with Gasteiger partial charge in [0.15, 0.2) is 11.5 Å². The average molecular weight is 259 g/mol. The highest BCUT2D eigenvalue weighted by Crippen LogP contribution is 2.28. The third-order valence-corrected chi connectivity index (χ3v) is 2.67. The molecule has 0 bridgehead atoms. The molecule has 19 heavy (non-hydrogen) atoms. The van der Waals surface area contributed by atoms with Gasteiger partial charge in [0.2, 0.25) is 0 Å². The van der Waals surface area contributed by atoms with Gasteiger partial charge in [-0.25, -0.2) is 4.39 Å². The van der Waals surface area contributed by atoms with E-state index in [4.69, 9.17) is 4.74 Å². The predicted octanol–water partition coefficient (Wildman–Crippen LogP) is 3.16. The van der Waals surface area contributed by atoms with Crippen molar-refractivity contribution in [3.63, 3.8) is 0 Å². The fourth-order valence-corrected chi connectivity index (χ4v) is 1.65. The van der Waals surface area contributed by atoms with Crippen LogP contribution in [0.5, 0.6) is 11.5 Å². The second kappa shape index (κ2) is 6.00. The van der Waals surface area contributed by atoms with Crippen LogP contribution in [0.25, 0.3) is 0 Å². The van der Waals surface area contributed by atoms with Crippen molar-refractivity contribution in [2.45, 2.75) is 6.54 Å². The summed E-state index contributed by atoms with van der Waals surface area (Å²) in [6, 6.07) is 11.3. The van der Waals surface area contributed by atoms with E-state index in [1.165, 1.54) is 19.2 Å². The Morgan fingerprint density at radius 3 is 2.63 bits per heavy atom. The second-order valence-corrected chi connectivity index (χ2v) is 3.99. The van der Waals surface area contributed by atoms with Gasteiger partial charge in [-0.15, -0.1) is 0 Å². The summed E-state index contributed by atoms with van der Waals surface area (Å²) in [4.78, 5) is 4.21. The van der Waals surface area contributed by atoms with Crippen LogP contribution in [0.3, 0.4) is 0 Å². The number of methoxy groups -OCH3 is 1. The molecule has 0 aliphatic carbocycles. The van der Waals surface area contributed by atoms with Crippen molar-refractivity contribution in [2.24, 2.45) is 4.99 Å². The highest BCUT2D eigenvalue weighted by atomic mass is 19.1. The number of rotatable bonds is 4. The molecule has 0 heterocycles.